The third-order valence-electron chi connectivity index (χ3n) is 2.16. The van der Waals surface area contributed by atoms with E-state index < -0.39 is 0 Å². The standard InChI is InChI=1S/C11H8ClN3S/c1-15-11(13-7-16)6-10(14-15)8-2-4-9(12)5-3-8/h2-6H,1H3. The molecule has 0 aliphatic carbocycles. The number of halogens is 1. The Hall–Kier alpha value is -1.48. The zero-order valence-corrected chi connectivity index (χ0v) is 10.1. The number of rotatable bonds is 2. The molecule has 0 amide bonds. The molecule has 1 aromatic carbocycles. The minimum absolute atomic E-state index is 0.681. The fourth-order valence-corrected chi connectivity index (χ4v) is 1.59. The third kappa shape index (κ3) is 2.19. The molecule has 3 nitrogen and oxygen atoms in total. The molecule has 5 heteroatoms. The summed E-state index contributed by atoms with van der Waals surface area (Å²) in [5.41, 5.74) is 1.83. The van der Waals surface area contributed by atoms with Gasteiger partial charge < -0.3 is 0 Å². The molecule has 0 aliphatic heterocycles. The first kappa shape index (κ1) is 11.0. The van der Waals surface area contributed by atoms with Crippen molar-refractivity contribution in [2.45, 2.75) is 0 Å². The highest BCUT2D eigenvalue weighted by atomic mass is 35.5. The molecule has 1 heterocycles. The van der Waals surface area contributed by atoms with Gasteiger partial charge in [0.25, 0.3) is 0 Å². The predicted molar refractivity (Wildman–Crippen MR) is 68.3 cm³/mol. The van der Waals surface area contributed by atoms with E-state index in [0.717, 1.165) is 11.3 Å². The number of aromatic nitrogens is 2. The van der Waals surface area contributed by atoms with Crippen molar-refractivity contribution in [1.82, 2.24) is 9.78 Å². The number of nitrogens with zero attached hydrogens (tertiary/aromatic N) is 3. The van der Waals surface area contributed by atoms with Gasteiger partial charge in [-0.3, -0.25) is 0 Å². The van der Waals surface area contributed by atoms with Crippen LogP contribution in [-0.4, -0.2) is 14.9 Å². The number of benzene rings is 1. The van der Waals surface area contributed by atoms with Crippen LogP contribution in [0.25, 0.3) is 11.3 Å². The van der Waals surface area contributed by atoms with Crippen molar-refractivity contribution in [3.05, 3.63) is 35.4 Å². The Morgan fingerprint density at radius 3 is 2.69 bits per heavy atom. The minimum Gasteiger partial charge on any atom is -0.250 e. The fraction of sp³-hybridized carbons (Fsp3) is 0.0909. The maximum atomic E-state index is 5.82. The van der Waals surface area contributed by atoms with Gasteiger partial charge in [0.15, 0.2) is 5.82 Å². The van der Waals surface area contributed by atoms with E-state index in [4.69, 9.17) is 11.6 Å². The van der Waals surface area contributed by atoms with Crippen molar-refractivity contribution in [2.24, 2.45) is 12.0 Å². The maximum Gasteiger partial charge on any atom is 0.161 e. The zero-order chi connectivity index (χ0) is 11.5. The summed E-state index contributed by atoms with van der Waals surface area (Å²) < 4.78 is 1.66. The lowest BCUT2D eigenvalue weighted by atomic mass is 10.1. The molecule has 0 spiro atoms. The summed E-state index contributed by atoms with van der Waals surface area (Å²) >= 11 is 10.4. The first-order chi connectivity index (χ1) is 7.70. The van der Waals surface area contributed by atoms with Crippen LogP contribution in [0.4, 0.5) is 5.82 Å². The van der Waals surface area contributed by atoms with Gasteiger partial charge in [0.2, 0.25) is 0 Å². The molecule has 0 aliphatic rings. The van der Waals surface area contributed by atoms with Crippen molar-refractivity contribution in [1.29, 1.82) is 0 Å². The average Bonchev–Trinajstić information content (AvgIpc) is 2.62. The molecule has 16 heavy (non-hydrogen) atoms. The van der Waals surface area contributed by atoms with Crippen molar-refractivity contribution < 1.29 is 0 Å². The summed E-state index contributed by atoms with van der Waals surface area (Å²) in [7, 11) is 1.81. The molecule has 2 aromatic rings. The van der Waals surface area contributed by atoms with Gasteiger partial charge >= 0.3 is 0 Å². The first-order valence-electron chi connectivity index (χ1n) is 4.58. The lowest BCUT2D eigenvalue weighted by molar-refractivity contribution is 0.774. The van der Waals surface area contributed by atoms with E-state index in [0.29, 0.717) is 10.8 Å². The molecule has 0 fully saturated rings. The molecule has 0 atom stereocenters. The summed E-state index contributed by atoms with van der Waals surface area (Å²) in [5, 5.41) is 7.35. The Kier molecular flexibility index (Phi) is 3.15. The average molecular weight is 250 g/mol. The second-order valence-corrected chi connectivity index (χ2v) is 3.84. The minimum atomic E-state index is 0.681. The van der Waals surface area contributed by atoms with E-state index in [9.17, 15) is 0 Å². The topological polar surface area (TPSA) is 30.2 Å². The van der Waals surface area contributed by atoms with Gasteiger partial charge in [-0.1, -0.05) is 23.7 Å². The van der Waals surface area contributed by atoms with Crippen molar-refractivity contribution in [2.75, 3.05) is 0 Å². The van der Waals surface area contributed by atoms with Gasteiger partial charge in [-0.25, -0.2) is 4.68 Å². The third-order valence-corrected chi connectivity index (χ3v) is 2.50. The van der Waals surface area contributed by atoms with E-state index in [1.165, 1.54) is 0 Å². The summed E-state index contributed by atoms with van der Waals surface area (Å²) in [6.45, 7) is 0. The molecule has 80 valence electrons. The lowest BCUT2D eigenvalue weighted by Crippen LogP contribution is -1.89. The fourth-order valence-electron chi connectivity index (χ4n) is 1.37. The van der Waals surface area contributed by atoms with Crippen molar-refractivity contribution in [3.8, 4) is 11.3 Å². The monoisotopic (exact) mass is 249 g/mol. The Morgan fingerprint density at radius 2 is 2.06 bits per heavy atom. The normalized spacial score (nSPS) is 9.88. The van der Waals surface area contributed by atoms with Crippen molar-refractivity contribution >= 4 is 34.8 Å². The van der Waals surface area contributed by atoms with Gasteiger partial charge in [-0.15, -0.1) is 0 Å². The maximum absolute atomic E-state index is 5.82. The molecule has 0 bridgehead atoms. The second-order valence-electron chi connectivity index (χ2n) is 3.22. The summed E-state index contributed by atoms with van der Waals surface area (Å²) in [6, 6.07) is 9.33. The molecular weight excluding hydrogens is 242 g/mol. The molecule has 2 rings (SSSR count). The molecule has 0 N–H and O–H groups in total. The SMILES string of the molecule is Cn1nc(-c2ccc(Cl)cc2)cc1N=C=S. The van der Waals surface area contributed by atoms with Gasteiger partial charge in [0.05, 0.1) is 10.9 Å². The number of isothiocyanates is 1. The summed E-state index contributed by atoms with van der Waals surface area (Å²) in [6.07, 6.45) is 0. The largest absolute Gasteiger partial charge is 0.250 e. The van der Waals surface area contributed by atoms with Crippen LogP contribution in [0.3, 0.4) is 0 Å². The number of hydrogen-bond acceptors (Lipinski definition) is 3. The quantitative estimate of drug-likeness (QED) is 0.603. The van der Waals surface area contributed by atoms with Gasteiger partial charge in [-0.05, 0) is 24.4 Å². The number of hydrogen-bond donors (Lipinski definition) is 0. The molecule has 0 radical (unpaired) electrons. The number of aryl methyl sites for hydroxylation is 1. The summed E-state index contributed by atoms with van der Waals surface area (Å²) in [5.74, 6) is 0.681. The second kappa shape index (κ2) is 4.58. The smallest absolute Gasteiger partial charge is 0.161 e. The van der Waals surface area contributed by atoms with Crippen LogP contribution in [0.5, 0.6) is 0 Å². The highest BCUT2D eigenvalue weighted by Crippen LogP contribution is 2.23. The Morgan fingerprint density at radius 1 is 1.38 bits per heavy atom. The lowest BCUT2D eigenvalue weighted by Gasteiger charge is -1.95. The zero-order valence-electron chi connectivity index (χ0n) is 8.51. The van der Waals surface area contributed by atoms with Crippen molar-refractivity contribution in [3.63, 3.8) is 0 Å². The van der Waals surface area contributed by atoms with Crippen LogP contribution < -0.4 is 0 Å². The Labute approximate surface area is 103 Å². The van der Waals surface area contributed by atoms with E-state index >= 15 is 0 Å². The molecule has 0 unspecified atom stereocenters. The number of thiocarbonyl (C=S) groups is 1. The van der Waals surface area contributed by atoms with Crippen LogP contribution in [0.2, 0.25) is 5.02 Å². The van der Waals surface area contributed by atoms with Crippen LogP contribution in [-0.2, 0) is 7.05 Å². The molecule has 1 aromatic heterocycles. The van der Waals surface area contributed by atoms with E-state index in [1.807, 2.05) is 37.4 Å². The molecular formula is C11H8ClN3S. The van der Waals surface area contributed by atoms with Crippen LogP contribution >= 0.6 is 23.8 Å². The van der Waals surface area contributed by atoms with Gasteiger partial charge in [-0.2, -0.15) is 10.1 Å². The van der Waals surface area contributed by atoms with Gasteiger partial charge in [0, 0.05) is 23.7 Å². The predicted octanol–water partition coefficient (Wildman–Crippen LogP) is 3.47. The van der Waals surface area contributed by atoms with Gasteiger partial charge in [0.1, 0.15) is 0 Å². The first-order valence-corrected chi connectivity index (χ1v) is 5.37. The van der Waals surface area contributed by atoms with E-state index in [-0.39, 0.29) is 0 Å². The Balaban J connectivity index is 2.45. The van der Waals surface area contributed by atoms with Crippen LogP contribution in [0.15, 0.2) is 35.3 Å². The van der Waals surface area contributed by atoms with Crippen LogP contribution in [0.1, 0.15) is 0 Å². The summed E-state index contributed by atoms with van der Waals surface area (Å²) in [4.78, 5) is 3.91. The van der Waals surface area contributed by atoms with E-state index in [1.54, 1.807) is 4.68 Å². The van der Waals surface area contributed by atoms with Crippen LogP contribution in [0, 0.1) is 0 Å². The number of aliphatic imine (C=N–C) groups is 1. The highest BCUT2D eigenvalue weighted by molar-refractivity contribution is 7.78. The molecule has 0 saturated carbocycles. The molecule has 0 saturated heterocycles. The van der Waals surface area contributed by atoms with E-state index in [2.05, 4.69) is 27.5 Å². The highest BCUT2D eigenvalue weighted by Gasteiger charge is 2.05. The Bertz CT molecular complexity index is 553.